The second kappa shape index (κ2) is 6.99. The minimum absolute atomic E-state index is 0. The van der Waals surface area contributed by atoms with Crippen molar-refractivity contribution < 1.29 is 0 Å². The van der Waals surface area contributed by atoms with Gasteiger partial charge in [-0.2, -0.15) is 0 Å². The maximum atomic E-state index is 5.84. The van der Waals surface area contributed by atoms with Crippen molar-refractivity contribution in [3.63, 3.8) is 0 Å². The highest BCUT2D eigenvalue weighted by molar-refractivity contribution is 6.29. The van der Waals surface area contributed by atoms with Crippen molar-refractivity contribution in [2.75, 3.05) is 31.6 Å². The Bertz CT molecular complexity index is 342. The molecule has 17 heavy (non-hydrogen) atoms. The maximum Gasteiger partial charge on any atom is 0.226 e. The first-order chi connectivity index (χ1) is 7.75. The fraction of sp³-hybridized carbons (Fsp3) is 0.636. The summed E-state index contributed by atoms with van der Waals surface area (Å²) in [6.45, 7) is 3.24. The first-order valence-electron chi connectivity index (χ1n) is 5.66. The molecule has 1 N–H and O–H groups in total. The summed E-state index contributed by atoms with van der Waals surface area (Å²) in [6, 6.07) is 1.70. The van der Waals surface area contributed by atoms with Crippen LogP contribution in [-0.2, 0) is 0 Å². The van der Waals surface area contributed by atoms with Crippen LogP contribution >= 0.6 is 24.0 Å². The Morgan fingerprint density at radius 1 is 1.47 bits per heavy atom. The summed E-state index contributed by atoms with van der Waals surface area (Å²) in [5, 5.41) is 3.87. The fourth-order valence-corrected chi connectivity index (χ4v) is 2.18. The highest BCUT2D eigenvalue weighted by Gasteiger charge is 2.16. The van der Waals surface area contributed by atoms with Crippen molar-refractivity contribution in [2.45, 2.75) is 12.8 Å². The summed E-state index contributed by atoms with van der Waals surface area (Å²) in [4.78, 5) is 10.5. The molecule has 0 amide bonds. The Kier molecular flexibility index (Phi) is 5.95. The van der Waals surface area contributed by atoms with Gasteiger partial charge in [-0.05, 0) is 37.9 Å². The van der Waals surface area contributed by atoms with Crippen LogP contribution in [0.2, 0.25) is 5.15 Å². The molecule has 1 aliphatic heterocycles. The van der Waals surface area contributed by atoms with Crippen LogP contribution in [0.3, 0.4) is 0 Å². The summed E-state index contributed by atoms with van der Waals surface area (Å²) in [6.07, 6.45) is 4.15. The van der Waals surface area contributed by atoms with E-state index in [1.54, 1.807) is 12.3 Å². The molecule has 1 aromatic rings. The number of anilines is 1. The molecule has 1 fully saturated rings. The molecular formula is C11H18Cl2N4. The van der Waals surface area contributed by atoms with E-state index in [2.05, 4.69) is 20.2 Å². The minimum atomic E-state index is 0. The Labute approximate surface area is 113 Å². The van der Waals surface area contributed by atoms with Crippen LogP contribution in [0.5, 0.6) is 0 Å². The average molecular weight is 277 g/mol. The van der Waals surface area contributed by atoms with Crippen LogP contribution in [0.4, 0.5) is 5.95 Å². The molecule has 1 saturated heterocycles. The standard InChI is InChI=1S/C11H17ClN4.ClH/c1-16(8-9-2-5-13-6-3-9)11-14-7-4-10(12)15-11;/h4,7,9,13H,2-3,5-6,8H2,1H3;1H. The lowest BCUT2D eigenvalue weighted by Crippen LogP contribution is -2.35. The molecule has 1 aromatic heterocycles. The van der Waals surface area contributed by atoms with Gasteiger partial charge in [-0.25, -0.2) is 9.97 Å². The van der Waals surface area contributed by atoms with Gasteiger partial charge in [-0.15, -0.1) is 12.4 Å². The predicted molar refractivity (Wildman–Crippen MR) is 73.2 cm³/mol. The zero-order valence-electron chi connectivity index (χ0n) is 9.90. The van der Waals surface area contributed by atoms with Crippen molar-refractivity contribution >= 4 is 30.0 Å². The quantitative estimate of drug-likeness (QED) is 0.858. The summed E-state index contributed by atoms with van der Waals surface area (Å²) >= 11 is 5.84. The normalized spacial score (nSPS) is 16.4. The SMILES string of the molecule is CN(CC1CCNCC1)c1nccc(Cl)n1.Cl. The molecule has 2 rings (SSSR count). The Morgan fingerprint density at radius 2 is 2.18 bits per heavy atom. The lowest BCUT2D eigenvalue weighted by Gasteiger charge is -2.27. The lowest BCUT2D eigenvalue weighted by molar-refractivity contribution is 0.377. The first kappa shape index (κ1) is 14.5. The van der Waals surface area contributed by atoms with Crippen LogP contribution in [0.25, 0.3) is 0 Å². The number of hydrogen-bond acceptors (Lipinski definition) is 4. The van der Waals surface area contributed by atoms with E-state index >= 15 is 0 Å². The van der Waals surface area contributed by atoms with E-state index < -0.39 is 0 Å². The topological polar surface area (TPSA) is 41.0 Å². The molecular weight excluding hydrogens is 259 g/mol. The molecule has 0 saturated carbocycles. The molecule has 1 aliphatic rings. The number of halogens is 2. The van der Waals surface area contributed by atoms with Gasteiger partial charge in [0, 0.05) is 19.8 Å². The van der Waals surface area contributed by atoms with E-state index in [0.717, 1.165) is 25.6 Å². The zero-order chi connectivity index (χ0) is 11.4. The molecule has 0 atom stereocenters. The van der Waals surface area contributed by atoms with Crippen molar-refractivity contribution in [2.24, 2.45) is 5.92 Å². The van der Waals surface area contributed by atoms with Crippen LogP contribution in [0, 0.1) is 5.92 Å². The molecule has 0 spiro atoms. The Morgan fingerprint density at radius 3 is 2.82 bits per heavy atom. The number of piperidine rings is 1. The highest BCUT2D eigenvalue weighted by Crippen LogP contribution is 2.16. The molecule has 2 heterocycles. The Hall–Kier alpha value is -0.580. The smallest absolute Gasteiger partial charge is 0.226 e. The summed E-state index contributed by atoms with van der Waals surface area (Å²) in [5.41, 5.74) is 0. The third-order valence-corrected chi connectivity index (χ3v) is 3.15. The first-order valence-corrected chi connectivity index (χ1v) is 6.04. The van der Waals surface area contributed by atoms with Gasteiger partial charge >= 0.3 is 0 Å². The third-order valence-electron chi connectivity index (χ3n) is 2.94. The van der Waals surface area contributed by atoms with Crippen LogP contribution in [0.15, 0.2) is 12.3 Å². The zero-order valence-corrected chi connectivity index (χ0v) is 11.5. The highest BCUT2D eigenvalue weighted by atomic mass is 35.5. The van der Waals surface area contributed by atoms with Gasteiger partial charge in [0.15, 0.2) is 0 Å². The number of rotatable bonds is 3. The van der Waals surface area contributed by atoms with Gasteiger partial charge < -0.3 is 10.2 Å². The molecule has 0 radical (unpaired) electrons. The van der Waals surface area contributed by atoms with E-state index in [-0.39, 0.29) is 12.4 Å². The molecule has 96 valence electrons. The predicted octanol–water partition coefficient (Wildman–Crippen LogP) is 1.99. The molecule has 4 nitrogen and oxygen atoms in total. The largest absolute Gasteiger partial charge is 0.344 e. The summed E-state index contributed by atoms with van der Waals surface area (Å²) in [5.74, 6) is 1.44. The molecule has 0 bridgehead atoms. The van der Waals surface area contributed by atoms with Crippen molar-refractivity contribution in [3.8, 4) is 0 Å². The van der Waals surface area contributed by atoms with E-state index in [1.807, 2.05) is 7.05 Å². The van der Waals surface area contributed by atoms with Gasteiger partial charge in [-0.1, -0.05) is 11.6 Å². The number of nitrogens with zero attached hydrogens (tertiary/aromatic N) is 3. The maximum absolute atomic E-state index is 5.84. The average Bonchev–Trinajstić information content (AvgIpc) is 2.30. The third kappa shape index (κ3) is 4.30. The monoisotopic (exact) mass is 276 g/mol. The molecule has 6 heteroatoms. The van der Waals surface area contributed by atoms with Gasteiger partial charge in [-0.3, -0.25) is 0 Å². The van der Waals surface area contributed by atoms with E-state index in [4.69, 9.17) is 11.6 Å². The number of nitrogens with one attached hydrogen (secondary N) is 1. The summed E-state index contributed by atoms with van der Waals surface area (Å²) < 4.78 is 0. The van der Waals surface area contributed by atoms with Crippen LogP contribution in [-0.4, -0.2) is 36.6 Å². The number of hydrogen-bond donors (Lipinski definition) is 1. The second-order valence-corrected chi connectivity index (χ2v) is 4.64. The van der Waals surface area contributed by atoms with E-state index in [1.165, 1.54) is 12.8 Å². The molecule has 0 aliphatic carbocycles. The lowest BCUT2D eigenvalue weighted by atomic mass is 9.98. The molecule has 0 unspecified atom stereocenters. The summed E-state index contributed by atoms with van der Waals surface area (Å²) in [7, 11) is 2.02. The van der Waals surface area contributed by atoms with Crippen molar-refractivity contribution in [3.05, 3.63) is 17.4 Å². The van der Waals surface area contributed by atoms with Gasteiger partial charge in [0.05, 0.1) is 0 Å². The second-order valence-electron chi connectivity index (χ2n) is 4.25. The van der Waals surface area contributed by atoms with Gasteiger partial charge in [0.2, 0.25) is 5.95 Å². The van der Waals surface area contributed by atoms with Crippen LogP contribution in [0.1, 0.15) is 12.8 Å². The Balaban J connectivity index is 0.00000144. The van der Waals surface area contributed by atoms with E-state index in [9.17, 15) is 0 Å². The van der Waals surface area contributed by atoms with Crippen molar-refractivity contribution in [1.29, 1.82) is 0 Å². The minimum Gasteiger partial charge on any atom is -0.344 e. The van der Waals surface area contributed by atoms with Gasteiger partial charge in [0.25, 0.3) is 0 Å². The van der Waals surface area contributed by atoms with Crippen LogP contribution < -0.4 is 10.2 Å². The fourth-order valence-electron chi connectivity index (χ4n) is 2.04. The molecule has 0 aromatic carbocycles. The van der Waals surface area contributed by atoms with E-state index in [0.29, 0.717) is 11.1 Å². The number of aromatic nitrogens is 2. The van der Waals surface area contributed by atoms with Gasteiger partial charge in [0.1, 0.15) is 5.15 Å². The van der Waals surface area contributed by atoms with Crippen molar-refractivity contribution in [1.82, 2.24) is 15.3 Å².